The lowest BCUT2D eigenvalue weighted by Gasteiger charge is -2.15. The lowest BCUT2D eigenvalue weighted by Crippen LogP contribution is -2.29. The molecule has 1 amide bonds. The molecule has 25 heavy (non-hydrogen) atoms. The second-order valence-corrected chi connectivity index (χ2v) is 7.99. The van der Waals surface area contributed by atoms with Gasteiger partial charge in [0.05, 0.1) is 11.3 Å². The lowest BCUT2D eigenvalue weighted by atomic mass is 10.1. The molecule has 2 aromatic rings. The molecule has 0 unspecified atom stereocenters. The first kappa shape index (κ1) is 17.6. The Hall–Kier alpha value is -2.18. The normalized spacial score (nSPS) is 14.6. The van der Waals surface area contributed by atoms with Gasteiger partial charge in [0.25, 0.3) is 0 Å². The Morgan fingerprint density at radius 3 is 2.16 bits per heavy atom. The molecule has 0 aromatic heterocycles. The highest BCUT2D eigenvalue weighted by Gasteiger charge is 2.18. The van der Waals surface area contributed by atoms with Crippen LogP contribution in [0.1, 0.15) is 24.0 Å². The fourth-order valence-corrected chi connectivity index (χ4v) is 3.93. The van der Waals surface area contributed by atoms with E-state index in [2.05, 4.69) is 4.72 Å². The largest absolute Gasteiger partial charge is 0.342 e. The Labute approximate surface area is 148 Å². The average molecular weight is 358 g/mol. The molecule has 1 heterocycles. The van der Waals surface area contributed by atoms with Crippen molar-refractivity contribution < 1.29 is 13.2 Å². The number of amides is 1. The van der Waals surface area contributed by atoms with Crippen LogP contribution in [0.5, 0.6) is 0 Å². The third kappa shape index (κ3) is 4.67. The Balaban J connectivity index is 1.56. The van der Waals surface area contributed by atoms with E-state index in [1.54, 1.807) is 30.3 Å². The van der Waals surface area contributed by atoms with Crippen molar-refractivity contribution >= 4 is 15.9 Å². The molecule has 1 saturated heterocycles. The Morgan fingerprint density at radius 2 is 1.52 bits per heavy atom. The minimum absolute atomic E-state index is 0.162. The molecule has 1 fully saturated rings. The molecular formula is C19H22N2O3S. The van der Waals surface area contributed by atoms with E-state index >= 15 is 0 Å². The lowest BCUT2D eigenvalue weighted by molar-refractivity contribution is -0.129. The van der Waals surface area contributed by atoms with Gasteiger partial charge in [0.15, 0.2) is 0 Å². The number of sulfonamides is 1. The van der Waals surface area contributed by atoms with Gasteiger partial charge in [0.2, 0.25) is 15.9 Å². The van der Waals surface area contributed by atoms with Gasteiger partial charge in [-0.3, -0.25) is 4.79 Å². The maximum Gasteiger partial charge on any atom is 0.240 e. The van der Waals surface area contributed by atoms with E-state index in [9.17, 15) is 13.2 Å². The summed E-state index contributed by atoms with van der Waals surface area (Å²) in [5, 5.41) is 0. The van der Waals surface area contributed by atoms with Crippen LogP contribution in [0.3, 0.4) is 0 Å². The van der Waals surface area contributed by atoms with Crippen LogP contribution in [0.15, 0.2) is 59.5 Å². The molecular weight excluding hydrogens is 336 g/mol. The minimum atomic E-state index is -3.51. The first-order valence-electron chi connectivity index (χ1n) is 8.45. The summed E-state index contributed by atoms with van der Waals surface area (Å²) in [4.78, 5) is 14.3. The molecule has 6 heteroatoms. The maximum absolute atomic E-state index is 12.2. The van der Waals surface area contributed by atoms with Gasteiger partial charge in [-0.2, -0.15) is 0 Å². The third-order valence-electron chi connectivity index (χ3n) is 4.36. The van der Waals surface area contributed by atoms with E-state index < -0.39 is 10.0 Å². The van der Waals surface area contributed by atoms with E-state index in [1.807, 2.05) is 29.2 Å². The SMILES string of the molecule is O=C(Cc1ccc(CNS(=O)(=O)c2ccccc2)cc1)N1CCCC1. The van der Waals surface area contributed by atoms with Crippen LogP contribution in [-0.2, 0) is 27.8 Å². The summed E-state index contributed by atoms with van der Waals surface area (Å²) in [7, 11) is -3.51. The smallest absolute Gasteiger partial charge is 0.240 e. The summed E-state index contributed by atoms with van der Waals surface area (Å²) >= 11 is 0. The van der Waals surface area contributed by atoms with E-state index in [-0.39, 0.29) is 17.3 Å². The fourth-order valence-electron chi connectivity index (χ4n) is 2.89. The predicted molar refractivity (Wildman–Crippen MR) is 96.4 cm³/mol. The summed E-state index contributed by atoms with van der Waals surface area (Å²) in [6.45, 7) is 1.94. The van der Waals surface area contributed by atoms with Gasteiger partial charge in [0.1, 0.15) is 0 Å². The van der Waals surface area contributed by atoms with Crippen molar-refractivity contribution in [1.82, 2.24) is 9.62 Å². The van der Waals surface area contributed by atoms with E-state index in [1.165, 1.54) is 0 Å². The highest BCUT2D eigenvalue weighted by atomic mass is 32.2. The standard InChI is InChI=1S/C19H22N2O3S/c22-19(21-12-4-5-13-21)14-16-8-10-17(11-9-16)15-20-25(23,24)18-6-2-1-3-7-18/h1-3,6-11,20H,4-5,12-15H2. The first-order chi connectivity index (χ1) is 12.0. The molecule has 2 aromatic carbocycles. The molecule has 5 nitrogen and oxygen atoms in total. The van der Waals surface area contributed by atoms with Crippen molar-refractivity contribution in [1.29, 1.82) is 0 Å². The molecule has 0 bridgehead atoms. The van der Waals surface area contributed by atoms with Crippen molar-refractivity contribution in [3.63, 3.8) is 0 Å². The first-order valence-corrected chi connectivity index (χ1v) is 9.93. The number of hydrogen-bond donors (Lipinski definition) is 1. The van der Waals surface area contributed by atoms with Crippen LogP contribution in [0.25, 0.3) is 0 Å². The van der Waals surface area contributed by atoms with Crippen molar-refractivity contribution in [2.24, 2.45) is 0 Å². The predicted octanol–water partition coefficient (Wildman–Crippen LogP) is 2.33. The zero-order valence-electron chi connectivity index (χ0n) is 14.0. The second-order valence-electron chi connectivity index (χ2n) is 6.22. The molecule has 1 N–H and O–H groups in total. The zero-order chi connectivity index (χ0) is 17.7. The molecule has 132 valence electrons. The van der Waals surface area contributed by atoms with Crippen LogP contribution in [0.4, 0.5) is 0 Å². The fraction of sp³-hybridized carbons (Fsp3) is 0.316. The van der Waals surface area contributed by atoms with Gasteiger partial charge in [-0.15, -0.1) is 0 Å². The summed E-state index contributed by atoms with van der Waals surface area (Å²) in [5.41, 5.74) is 1.81. The van der Waals surface area contributed by atoms with Crippen molar-refractivity contribution in [2.75, 3.05) is 13.1 Å². The quantitative estimate of drug-likeness (QED) is 0.862. The van der Waals surface area contributed by atoms with E-state index in [0.29, 0.717) is 6.42 Å². The van der Waals surface area contributed by atoms with Crippen LogP contribution in [-0.4, -0.2) is 32.3 Å². The highest BCUT2D eigenvalue weighted by Crippen LogP contribution is 2.13. The maximum atomic E-state index is 12.2. The van der Waals surface area contributed by atoms with Gasteiger partial charge in [0, 0.05) is 19.6 Å². The number of benzene rings is 2. The second kappa shape index (κ2) is 7.80. The molecule has 0 radical (unpaired) electrons. The average Bonchev–Trinajstić information content (AvgIpc) is 3.17. The van der Waals surface area contributed by atoms with Gasteiger partial charge >= 0.3 is 0 Å². The van der Waals surface area contributed by atoms with Gasteiger partial charge in [-0.05, 0) is 36.1 Å². The summed E-state index contributed by atoms with van der Waals surface area (Å²) in [6, 6.07) is 15.8. The molecule has 0 saturated carbocycles. The number of rotatable bonds is 6. The number of nitrogens with one attached hydrogen (secondary N) is 1. The third-order valence-corrected chi connectivity index (χ3v) is 5.77. The summed E-state index contributed by atoms with van der Waals surface area (Å²) in [5.74, 6) is 0.162. The molecule has 1 aliphatic rings. The van der Waals surface area contributed by atoms with Crippen molar-refractivity contribution in [2.45, 2.75) is 30.7 Å². The van der Waals surface area contributed by atoms with E-state index in [0.717, 1.165) is 37.1 Å². The number of hydrogen-bond acceptors (Lipinski definition) is 3. The van der Waals surface area contributed by atoms with Crippen LogP contribution in [0, 0.1) is 0 Å². The van der Waals surface area contributed by atoms with Crippen molar-refractivity contribution in [3.05, 3.63) is 65.7 Å². The van der Waals surface area contributed by atoms with Crippen LogP contribution < -0.4 is 4.72 Å². The molecule has 0 atom stereocenters. The minimum Gasteiger partial charge on any atom is -0.342 e. The zero-order valence-corrected chi connectivity index (χ0v) is 14.8. The monoisotopic (exact) mass is 358 g/mol. The number of nitrogens with zero attached hydrogens (tertiary/aromatic N) is 1. The van der Waals surface area contributed by atoms with Gasteiger partial charge in [-0.1, -0.05) is 42.5 Å². The Morgan fingerprint density at radius 1 is 0.920 bits per heavy atom. The van der Waals surface area contributed by atoms with Crippen molar-refractivity contribution in [3.8, 4) is 0 Å². The molecule has 0 spiro atoms. The summed E-state index contributed by atoms with van der Waals surface area (Å²) in [6.07, 6.45) is 2.58. The van der Waals surface area contributed by atoms with Gasteiger partial charge < -0.3 is 4.90 Å². The van der Waals surface area contributed by atoms with Gasteiger partial charge in [-0.25, -0.2) is 13.1 Å². The highest BCUT2D eigenvalue weighted by molar-refractivity contribution is 7.89. The Bertz CT molecular complexity index is 812. The molecule has 1 aliphatic heterocycles. The molecule has 0 aliphatic carbocycles. The van der Waals surface area contributed by atoms with Crippen LogP contribution >= 0.6 is 0 Å². The summed E-state index contributed by atoms with van der Waals surface area (Å²) < 4.78 is 27.0. The molecule has 3 rings (SSSR count). The van der Waals surface area contributed by atoms with E-state index in [4.69, 9.17) is 0 Å². The topological polar surface area (TPSA) is 66.5 Å². The van der Waals surface area contributed by atoms with Crippen LogP contribution in [0.2, 0.25) is 0 Å². The number of carbonyl (C=O) groups is 1. The number of likely N-dealkylation sites (tertiary alicyclic amines) is 1. The Kier molecular flexibility index (Phi) is 5.50. The number of carbonyl (C=O) groups excluding carboxylic acids is 1.